The Kier molecular flexibility index (Phi) is 2.59. The Morgan fingerprint density at radius 1 is 1.06 bits per heavy atom. The molecular formula is C14H16N2O. The summed E-state index contributed by atoms with van der Waals surface area (Å²) in [6, 6.07) is 7.71. The van der Waals surface area contributed by atoms with Gasteiger partial charge in [-0.2, -0.15) is 0 Å². The smallest absolute Gasteiger partial charge is 0.141 e. The predicted octanol–water partition coefficient (Wildman–Crippen LogP) is 2.93. The van der Waals surface area contributed by atoms with Crippen LogP contribution in [0.25, 0.3) is 10.9 Å². The molecule has 1 fully saturated rings. The highest BCUT2D eigenvalue weighted by atomic mass is 16.3. The molecule has 1 N–H and O–H groups in total. The minimum absolute atomic E-state index is 0.265. The van der Waals surface area contributed by atoms with E-state index in [1.807, 2.05) is 18.2 Å². The van der Waals surface area contributed by atoms with E-state index in [0.29, 0.717) is 5.52 Å². The van der Waals surface area contributed by atoms with Crippen molar-refractivity contribution in [1.29, 1.82) is 0 Å². The Bertz CT molecular complexity index is 533. The van der Waals surface area contributed by atoms with Gasteiger partial charge >= 0.3 is 0 Å². The maximum absolute atomic E-state index is 9.81. The number of hydrogen-bond donors (Lipinski definition) is 1. The molecule has 2 heterocycles. The van der Waals surface area contributed by atoms with Gasteiger partial charge in [0.25, 0.3) is 0 Å². The SMILES string of the molecule is Oc1ccc(N2CCCCC2)c2cccnc12. The van der Waals surface area contributed by atoms with Crippen LogP contribution in [0.15, 0.2) is 30.5 Å². The average Bonchev–Trinajstić information content (AvgIpc) is 2.41. The van der Waals surface area contributed by atoms with Crippen LogP contribution in [0.2, 0.25) is 0 Å². The number of nitrogens with zero attached hydrogens (tertiary/aromatic N) is 2. The van der Waals surface area contributed by atoms with Gasteiger partial charge in [0.05, 0.1) is 0 Å². The van der Waals surface area contributed by atoms with Gasteiger partial charge in [-0.1, -0.05) is 0 Å². The summed E-state index contributed by atoms with van der Waals surface area (Å²) in [6.07, 6.45) is 5.55. The minimum Gasteiger partial charge on any atom is -0.506 e. The number of phenolic OH excluding ortho intramolecular Hbond substituents is 1. The molecule has 1 aromatic carbocycles. The van der Waals surface area contributed by atoms with Gasteiger partial charge in [-0.3, -0.25) is 4.98 Å². The predicted molar refractivity (Wildman–Crippen MR) is 69.5 cm³/mol. The van der Waals surface area contributed by atoms with Crippen molar-refractivity contribution < 1.29 is 5.11 Å². The molecule has 0 atom stereocenters. The van der Waals surface area contributed by atoms with Gasteiger partial charge in [0.2, 0.25) is 0 Å². The normalized spacial score (nSPS) is 16.4. The van der Waals surface area contributed by atoms with Crippen molar-refractivity contribution in [2.45, 2.75) is 19.3 Å². The van der Waals surface area contributed by atoms with E-state index in [1.54, 1.807) is 12.3 Å². The van der Waals surface area contributed by atoms with E-state index in [4.69, 9.17) is 0 Å². The number of aromatic hydroxyl groups is 1. The standard InChI is InChI=1S/C14H16N2O/c17-13-7-6-12(16-9-2-1-3-10-16)11-5-4-8-15-14(11)13/h4-8,17H,1-3,9-10H2. The molecule has 88 valence electrons. The Morgan fingerprint density at radius 3 is 2.71 bits per heavy atom. The molecule has 0 unspecified atom stereocenters. The zero-order valence-corrected chi connectivity index (χ0v) is 9.76. The summed E-state index contributed by atoms with van der Waals surface area (Å²) in [6.45, 7) is 2.21. The van der Waals surface area contributed by atoms with Crippen LogP contribution in [-0.4, -0.2) is 23.2 Å². The second-order valence-electron chi connectivity index (χ2n) is 4.55. The maximum atomic E-state index is 9.81. The average molecular weight is 228 g/mol. The van der Waals surface area contributed by atoms with Crippen molar-refractivity contribution >= 4 is 16.6 Å². The van der Waals surface area contributed by atoms with E-state index in [0.717, 1.165) is 18.5 Å². The molecule has 1 aromatic heterocycles. The van der Waals surface area contributed by atoms with Gasteiger partial charge in [0.15, 0.2) is 0 Å². The molecule has 17 heavy (non-hydrogen) atoms. The molecule has 1 aliphatic rings. The van der Waals surface area contributed by atoms with Crippen LogP contribution in [0.4, 0.5) is 5.69 Å². The summed E-state index contributed by atoms with van der Waals surface area (Å²) in [5.74, 6) is 0.265. The topological polar surface area (TPSA) is 36.4 Å². The molecule has 1 aliphatic heterocycles. The number of phenols is 1. The summed E-state index contributed by atoms with van der Waals surface area (Å²) in [5, 5.41) is 10.9. The lowest BCUT2D eigenvalue weighted by Crippen LogP contribution is -2.29. The van der Waals surface area contributed by atoms with E-state index in [-0.39, 0.29) is 5.75 Å². The molecule has 1 saturated heterocycles. The van der Waals surface area contributed by atoms with Gasteiger partial charge in [0, 0.05) is 30.4 Å². The van der Waals surface area contributed by atoms with Gasteiger partial charge < -0.3 is 10.0 Å². The first-order valence-corrected chi connectivity index (χ1v) is 6.18. The number of aromatic nitrogens is 1. The zero-order chi connectivity index (χ0) is 11.7. The molecule has 2 aromatic rings. The fourth-order valence-electron chi connectivity index (χ4n) is 2.55. The van der Waals surface area contributed by atoms with Crippen molar-refractivity contribution in [1.82, 2.24) is 4.98 Å². The minimum atomic E-state index is 0.265. The van der Waals surface area contributed by atoms with Crippen molar-refractivity contribution in [2.24, 2.45) is 0 Å². The largest absolute Gasteiger partial charge is 0.506 e. The molecule has 3 heteroatoms. The first-order chi connectivity index (χ1) is 8.36. The summed E-state index contributed by atoms with van der Waals surface area (Å²) < 4.78 is 0. The number of piperidine rings is 1. The van der Waals surface area contributed by atoms with E-state index >= 15 is 0 Å². The van der Waals surface area contributed by atoms with Gasteiger partial charge in [-0.05, 0) is 43.5 Å². The van der Waals surface area contributed by atoms with E-state index in [1.165, 1.54) is 24.9 Å². The van der Waals surface area contributed by atoms with Crippen LogP contribution < -0.4 is 4.90 Å². The quantitative estimate of drug-likeness (QED) is 0.815. The highest BCUT2D eigenvalue weighted by molar-refractivity contribution is 5.95. The Labute approximate surface area is 101 Å². The fraction of sp³-hybridized carbons (Fsp3) is 0.357. The third-order valence-electron chi connectivity index (χ3n) is 3.42. The van der Waals surface area contributed by atoms with Crippen molar-refractivity contribution in [3.05, 3.63) is 30.5 Å². The number of pyridine rings is 1. The van der Waals surface area contributed by atoms with Crippen molar-refractivity contribution in [3.63, 3.8) is 0 Å². The number of fused-ring (bicyclic) bond motifs is 1. The Hall–Kier alpha value is -1.77. The van der Waals surface area contributed by atoms with Crippen LogP contribution in [0, 0.1) is 0 Å². The Balaban J connectivity index is 2.12. The highest BCUT2D eigenvalue weighted by Crippen LogP contribution is 2.32. The van der Waals surface area contributed by atoms with Crippen LogP contribution >= 0.6 is 0 Å². The summed E-state index contributed by atoms with van der Waals surface area (Å²) in [7, 11) is 0. The van der Waals surface area contributed by atoms with Crippen molar-refractivity contribution in [2.75, 3.05) is 18.0 Å². The lowest BCUT2D eigenvalue weighted by atomic mass is 10.1. The van der Waals surface area contributed by atoms with Gasteiger partial charge in [-0.15, -0.1) is 0 Å². The van der Waals surface area contributed by atoms with E-state index < -0.39 is 0 Å². The number of anilines is 1. The van der Waals surface area contributed by atoms with E-state index in [9.17, 15) is 5.11 Å². The van der Waals surface area contributed by atoms with Crippen molar-refractivity contribution in [3.8, 4) is 5.75 Å². The summed E-state index contributed by atoms with van der Waals surface area (Å²) >= 11 is 0. The third kappa shape index (κ3) is 1.82. The first-order valence-electron chi connectivity index (χ1n) is 6.18. The monoisotopic (exact) mass is 228 g/mol. The highest BCUT2D eigenvalue weighted by Gasteiger charge is 2.14. The molecule has 0 bridgehead atoms. The molecule has 0 spiro atoms. The molecule has 3 nitrogen and oxygen atoms in total. The molecule has 0 aliphatic carbocycles. The number of rotatable bonds is 1. The van der Waals surface area contributed by atoms with Crippen LogP contribution in [-0.2, 0) is 0 Å². The molecule has 0 saturated carbocycles. The third-order valence-corrected chi connectivity index (χ3v) is 3.42. The second-order valence-corrected chi connectivity index (χ2v) is 4.55. The molecule has 3 rings (SSSR count). The Morgan fingerprint density at radius 2 is 1.88 bits per heavy atom. The van der Waals surface area contributed by atoms with Gasteiger partial charge in [0.1, 0.15) is 11.3 Å². The molecule has 0 amide bonds. The van der Waals surface area contributed by atoms with E-state index in [2.05, 4.69) is 9.88 Å². The fourth-order valence-corrected chi connectivity index (χ4v) is 2.55. The van der Waals surface area contributed by atoms with Crippen LogP contribution in [0.3, 0.4) is 0 Å². The van der Waals surface area contributed by atoms with Crippen LogP contribution in [0.1, 0.15) is 19.3 Å². The zero-order valence-electron chi connectivity index (χ0n) is 9.76. The molecule has 0 radical (unpaired) electrons. The van der Waals surface area contributed by atoms with Crippen LogP contribution in [0.5, 0.6) is 5.75 Å². The van der Waals surface area contributed by atoms with Gasteiger partial charge in [-0.25, -0.2) is 0 Å². The number of hydrogen-bond acceptors (Lipinski definition) is 3. The lowest BCUT2D eigenvalue weighted by Gasteiger charge is -2.29. The second kappa shape index (κ2) is 4.24. The summed E-state index contributed by atoms with van der Waals surface area (Å²) in [5.41, 5.74) is 1.90. The maximum Gasteiger partial charge on any atom is 0.141 e. The molecular weight excluding hydrogens is 212 g/mol. The summed E-state index contributed by atoms with van der Waals surface area (Å²) in [4.78, 5) is 6.66. The number of benzene rings is 1. The lowest BCUT2D eigenvalue weighted by molar-refractivity contribution is 0.480. The first kappa shape index (κ1) is 10.4.